The smallest absolute Gasteiger partial charge is 0.136 e. The minimum absolute atomic E-state index is 0.504. The minimum atomic E-state index is 0.504. The van der Waals surface area contributed by atoms with Crippen molar-refractivity contribution in [1.82, 2.24) is 0 Å². The molecular formula is C20H30O. The third-order valence-electron chi connectivity index (χ3n) is 8.46. The molecular weight excluding hydrogens is 256 g/mol. The highest BCUT2D eigenvalue weighted by Gasteiger charge is 2.59. The Kier molecular flexibility index (Phi) is 3.02. The van der Waals surface area contributed by atoms with E-state index >= 15 is 0 Å². The Morgan fingerprint density at radius 3 is 2.00 bits per heavy atom. The van der Waals surface area contributed by atoms with Crippen LogP contribution < -0.4 is 0 Å². The maximum absolute atomic E-state index is 12.8. The molecule has 0 aromatic rings. The van der Waals surface area contributed by atoms with Crippen LogP contribution in [0.2, 0.25) is 0 Å². The molecule has 5 aliphatic rings. The molecule has 1 heteroatoms. The fraction of sp³-hybridized carbons (Fsp3) is 0.950. The van der Waals surface area contributed by atoms with E-state index < -0.39 is 0 Å². The minimum Gasteiger partial charge on any atom is -0.299 e. The summed E-state index contributed by atoms with van der Waals surface area (Å²) in [4.78, 5) is 12.8. The van der Waals surface area contributed by atoms with Gasteiger partial charge in [-0.15, -0.1) is 0 Å². The topological polar surface area (TPSA) is 17.1 Å². The standard InChI is InChI=1S/C20H30O/c21-17-9-3-7-15-14-6-1-4-12-10-11-13-5-2-8-16(20(15)17)19(13)18(12)14/h12-16,18-20H,1-11H2. The quantitative estimate of drug-likeness (QED) is 0.622. The maximum Gasteiger partial charge on any atom is 0.136 e. The molecule has 8 atom stereocenters. The normalized spacial score (nSPS) is 55.5. The van der Waals surface area contributed by atoms with Gasteiger partial charge in [-0.05, 0) is 80.0 Å². The largest absolute Gasteiger partial charge is 0.299 e. The lowest BCUT2D eigenvalue weighted by Gasteiger charge is -2.62. The lowest BCUT2D eigenvalue weighted by Crippen LogP contribution is -2.58. The Labute approximate surface area is 129 Å². The van der Waals surface area contributed by atoms with Gasteiger partial charge in [-0.25, -0.2) is 0 Å². The molecule has 0 aromatic carbocycles. The summed E-state index contributed by atoms with van der Waals surface area (Å²) in [7, 11) is 0. The zero-order valence-electron chi connectivity index (χ0n) is 13.3. The van der Waals surface area contributed by atoms with E-state index in [0.717, 1.165) is 47.8 Å². The molecule has 0 heterocycles. The predicted octanol–water partition coefficient (Wildman–Crippen LogP) is 4.84. The van der Waals surface area contributed by atoms with E-state index in [1.807, 2.05) is 0 Å². The lowest BCUT2D eigenvalue weighted by atomic mass is 9.42. The van der Waals surface area contributed by atoms with Crippen LogP contribution in [0.3, 0.4) is 0 Å². The number of Topliss-reactive ketones (excluding diaryl/α,β-unsaturated/α-hetero) is 1. The van der Waals surface area contributed by atoms with Crippen LogP contribution in [0.4, 0.5) is 0 Å². The number of carbonyl (C=O) groups excluding carboxylic acids is 1. The van der Waals surface area contributed by atoms with Crippen molar-refractivity contribution in [3.8, 4) is 0 Å². The first-order valence-electron chi connectivity index (χ1n) is 9.87. The van der Waals surface area contributed by atoms with E-state index in [1.54, 1.807) is 0 Å². The Balaban J connectivity index is 1.58. The van der Waals surface area contributed by atoms with Gasteiger partial charge in [-0.1, -0.05) is 25.7 Å². The van der Waals surface area contributed by atoms with Gasteiger partial charge in [0.15, 0.2) is 0 Å². The van der Waals surface area contributed by atoms with E-state index in [-0.39, 0.29) is 0 Å². The van der Waals surface area contributed by atoms with Crippen LogP contribution in [-0.4, -0.2) is 5.78 Å². The molecule has 5 fully saturated rings. The van der Waals surface area contributed by atoms with Crippen LogP contribution in [0.1, 0.15) is 70.6 Å². The highest BCUT2D eigenvalue weighted by atomic mass is 16.1. The van der Waals surface area contributed by atoms with E-state index in [2.05, 4.69) is 0 Å². The molecule has 5 rings (SSSR count). The van der Waals surface area contributed by atoms with Crippen LogP contribution in [0, 0.1) is 47.3 Å². The van der Waals surface area contributed by atoms with Crippen LogP contribution in [0.25, 0.3) is 0 Å². The van der Waals surface area contributed by atoms with Gasteiger partial charge in [0.25, 0.3) is 0 Å². The van der Waals surface area contributed by atoms with Gasteiger partial charge in [0.05, 0.1) is 0 Å². The second kappa shape index (κ2) is 4.83. The molecule has 21 heavy (non-hydrogen) atoms. The molecule has 0 saturated heterocycles. The van der Waals surface area contributed by atoms with Crippen molar-refractivity contribution < 1.29 is 4.79 Å². The van der Waals surface area contributed by atoms with Crippen LogP contribution in [-0.2, 0) is 4.79 Å². The summed E-state index contributed by atoms with van der Waals surface area (Å²) in [5.74, 6) is 7.79. The molecule has 8 unspecified atom stereocenters. The summed E-state index contributed by atoms with van der Waals surface area (Å²) in [6.07, 6.45) is 15.3. The second-order valence-corrected chi connectivity index (χ2v) is 8.99. The molecule has 0 aliphatic heterocycles. The highest BCUT2D eigenvalue weighted by molar-refractivity contribution is 5.82. The third kappa shape index (κ3) is 1.78. The Morgan fingerprint density at radius 2 is 1.24 bits per heavy atom. The molecule has 0 amide bonds. The number of fused-ring (bicyclic) bond motifs is 3. The van der Waals surface area contributed by atoms with Crippen molar-refractivity contribution in [2.75, 3.05) is 0 Å². The predicted molar refractivity (Wildman–Crippen MR) is 83.7 cm³/mol. The second-order valence-electron chi connectivity index (χ2n) is 8.99. The zero-order valence-corrected chi connectivity index (χ0v) is 13.3. The maximum atomic E-state index is 12.8. The first-order valence-corrected chi connectivity index (χ1v) is 9.87. The lowest BCUT2D eigenvalue weighted by molar-refractivity contribution is -0.161. The van der Waals surface area contributed by atoms with Gasteiger partial charge < -0.3 is 0 Å². The number of hydrogen-bond donors (Lipinski definition) is 0. The van der Waals surface area contributed by atoms with Crippen molar-refractivity contribution in [3.63, 3.8) is 0 Å². The van der Waals surface area contributed by atoms with Crippen LogP contribution in [0.5, 0.6) is 0 Å². The van der Waals surface area contributed by atoms with E-state index in [0.29, 0.717) is 11.7 Å². The summed E-state index contributed by atoms with van der Waals surface area (Å²) >= 11 is 0. The molecule has 0 spiro atoms. The zero-order chi connectivity index (χ0) is 14.0. The van der Waals surface area contributed by atoms with Gasteiger partial charge in [-0.2, -0.15) is 0 Å². The fourth-order valence-electron chi connectivity index (χ4n) is 8.05. The van der Waals surface area contributed by atoms with Crippen LogP contribution >= 0.6 is 0 Å². The molecule has 0 aromatic heterocycles. The van der Waals surface area contributed by atoms with Crippen molar-refractivity contribution >= 4 is 5.78 Å². The molecule has 5 saturated carbocycles. The number of carbonyl (C=O) groups is 1. The van der Waals surface area contributed by atoms with Gasteiger partial charge >= 0.3 is 0 Å². The molecule has 116 valence electrons. The van der Waals surface area contributed by atoms with Crippen molar-refractivity contribution in [2.24, 2.45) is 47.3 Å². The molecule has 0 radical (unpaired) electrons. The molecule has 0 N–H and O–H groups in total. The number of hydrogen-bond acceptors (Lipinski definition) is 1. The third-order valence-corrected chi connectivity index (χ3v) is 8.46. The number of rotatable bonds is 0. The Hall–Kier alpha value is -0.330. The van der Waals surface area contributed by atoms with Crippen molar-refractivity contribution in [3.05, 3.63) is 0 Å². The summed E-state index contributed by atoms with van der Waals surface area (Å²) in [5.41, 5.74) is 0. The molecule has 5 aliphatic carbocycles. The van der Waals surface area contributed by atoms with E-state index in [9.17, 15) is 4.79 Å². The fourth-order valence-corrected chi connectivity index (χ4v) is 8.05. The summed E-state index contributed by atoms with van der Waals surface area (Å²) in [6.45, 7) is 0. The first kappa shape index (κ1) is 13.1. The van der Waals surface area contributed by atoms with Crippen molar-refractivity contribution in [2.45, 2.75) is 70.6 Å². The van der Waals surface area contributed by atoms with Gasteiger partial charge in [-0.3, -0.25) is 4.79 Å². The SMILES string of the molecule is O=C1CCCC2C3CCCC4CCC5CCCC(C12)C5C43. The first-order chi connectivity index (χ1) is 10.3. The summed E-state index contributed by atoms with van der Waals surface area (Å²) in [5, 5.41) is 0. The van der Waals surface area contributed by atoms with Crippen molar-refractivity contribution in [1.29, 1.82) is 0 Å². The Morgan fingerprint density at radius 1 is 0.619 bits per heavy atom. The van der Waals surface area contributed by atoms with Gasteiger partial charge in [0, 0.05) is 12.3 Å². The average molecular weight is 286 g/mol. The van der Waals surface area contributed by atoms with Gasteiger partial charge in [0.2, 0.25) is 0 Å². The van der Waals surface area contributed by atoms with Crippen LogP contribution in [0.15, 0.2) is 0 Å². The number of ketones is 1. The monoisotopic (exact) mass is 286 g/mol. The highest BCUT2D eigenvalue weighted by Crippen LogP contribution is 2.64. The summed E-state index contributed by atoms with van der Waals surface area (Å²) in [6, 6.07) is 0. The van der Waals surface area contributed by atoms with E-state index in [1.165, 1.54) is 64.2 Å². The summed E-state index contributed by atoms with van der Waals surface area (Å²) < 4.78 is 0. The molecule has 0 bridgehead atoms. The van der Waals surface area contributed by atoms with Gasteiger partial charge in [0.1, 0.15) is 5.78 Å². The molecule has 1 nitrogen and oxygen atoms in total. The Bertz CT molecular complexity index is 441. The average Bonchev–Trinajstić information content (AvgIpc) is 2.53. The van der Waals surface area contributed by atoms with E-state index in [4.69, 9.17) is 0 Å².